The topological polar surface area (TPSA) is 54.5 Å². The minimum atomic E-state index is -4.64. The van der Waals surface area contributed by atoms with E-state index >= 15 is 0 Å². The van der Waals surface area contributed by atoms with Gasteiger partial charge in [0.2, 0.25) is 5.91 Å². The molecule has 19 heavy (non-hydrogen) atoms. The van der Waals surface area contributed by atoms with Gasteiger partial charge >= 0.3 is 10.2 Å². The summed E-state index contributed by atoms with van der Waals surface area (Å²) >= 11 is 3.17. The first-order valence-electron chi connectivity index (χ1n) is 5.44. The van der Waals surface area contributed by atoms with Gasteiger partial charge in [-0.25, -0.2) is 4.39 Å². The zero-order chi connectivity index (χ0) is 14.2. The van der Waals surface area contributed by atoms with Gasteiger partial charge in [-0.15, -0.1) is 3.89 Å². The van der Waals surface area contributed by atoms with Crippen molar-refractivity contribution in [2.75, 3.05) is 17.2 Å². The third kappa shape index (κ3) is 3.50. The van der Waals surface area contributed by atoms with E-state index in [2.05, 4.69) is 15.9 Å². The van der Waals surface area contributed by atoms with E-state index in [1.54, 1.807) is 0 Å². The molecular formula is C11H10BrF2NO3S. The molecule has 0 radical (unpaired) electrons. The number of benzene rings is 1. The SMILES string of the molecule is O=C1CC(CS(=O)(=O)F)CN1c1cc(Br)ccc1F. The molecule has 0 N–H and O–H groups in total. The Morgan fingerprint density at radius 3 is 2.74 bits per heavy atom. The van der Waals surface area contributed by atoms with E-state index in [1.165, 1.54) is 18.2 Å². The van der Waals surface area contributed by atoms with Crippen LogP contribution in [-0.2, 0) is 15.0 Å². The monoisotopic (exact) mass is 353 g/mol. The van der Waals surface area contributed by atoms with Gasteiger partial charge in [-0.2, -0.15) is 8.42 Å². The van der Waals surface area contributed by atoms with E-state index in [0.29, 0.717) is 4.47 Å². The first kappa shape index (κ1) is 14.4. The lowest BCUT2D eigenvalue weighted by atomic mass is 10.1. The van der Waals surface area contributed by atoms with E-state index < -0.39 is 33.6 Å². The molecule has 0 aliphatic carbocycles. The van der Waals surface area contributed by atoms with Gasteiger partial charge in [-0.1, -0.05) is 15.9 Å². The molecule has 1 heterocycles. The van der Waals surface area contributed by atoms with Crippen LogP contribution >= 0.6 is 15.9 Å². The first-order chi connectivity index (χ1) is 8.76. The van der Waals surface area contributed by atoms with Crippen LogP contribution in [0.25, 0.3) is 0 Å². The number of rotatable bonds is 3. The third-order valence-electron chi connectivity index (χ3n) is 2.84. The van der Waals surface area contributed by atoms with Gasteiger partial charge in [0.05, 0.1) is 11.4 Å². The highest BCUT2D eigenvalue weighted by molar-refractivity contribution is 9.10. The Labute approximate surface area is 117 Å². The summed E-state index contributed by atoms with van der Waals surface area (Å²) < 4.78 is 48.0. The Hall–Kier alpha value is -1.02. The quantitative estimate of drug-likeness (QED) is 0.783. The zero-order valence-electron chi connectivity index (χ0n) is 9.64. The number of nitrogens with zero attached hydrogens (tertiary/aromatic N) is 1. The number of hydrogen-bond acceptors (Lipinski definition) is 3. The van der Waals surface area contributed by atoms with Crippen LogP contribution in [-0.4, -0.2) is 26.6 Å². The van der Waals surface area contributed by atoms with Gasteiger partial charge in [-0.05, 0) is 18.2 Å². The van der Waals surface area contributed by atoms with E-state index in [-0.39, 0.29) is 18.7 Å². The molecule has 1 atom stereocenters. The summed E-state index contributed by atoms with van der Waals surface area (Å²) in [5.74, 6) is -2.36. The summed E-state index contributed by atoms with van der Waals surface area (Å²) in [6, 6.07) is 4.12. The molecule has 1 fully saturated rings. The minimum absolute atomic E-state index is 0.00461. The lowest BCUT2D eigenvalue weighted by Gasteiger charge is -2.17. The zero-order valence-corrected chi connectivity index (χ0v) is 12.0. The van der Waals surface area contributed by atoms with Crippen molar-refractivity contribution in [1.29, 1.82) is 0 Å². The van der Waals surface area contributed by atoms with Crippen LogP contribution in [0, 0.1) is 11.7 Å². The maximum atomic E-state index is 13.7. The summed E-state index contributed by atoms with van der Waals surface area (Å²) in [4.78, 5) is 12.9. The fourth-order valence-electron chi connectivity index (χ4n) is 2.10. The molecule has 1 unspecified atom stereocenters. The third-order valence-corrected chi connectivity index (χ3v) is 4.20. The van der Waals surface area contributed by atoms with Crippen LogP contribution in [0.5, 0.6) is 0 Å². The van der Waals surface area contributed by atoms with E-state index in [9.17, 15) is 21.5 Å². The van der Waals surface area contributed by atoms with Crippen molar-refractivity contribution >= 4 is 37.7 Å². The van der Waals surface area contributed by atoms with Gasteiger partial charge in [0.15, 0.2) is 0 Å². The predicted molar refractivity (Wildman–Crippen MR) is 69.5 cm³/mol. The lowest BCUT2D eigenvalue weighted by molar-refractivity contribution is -0.117. The van der Waals surface area contributed by atoms with Gasteiger partial charge in [0, 0.05) is 23.4 Å². The number of amides is 1. The molecule has 0 spiro atoms. The van der Waals surface area contributed by atoms with Crippen molar-refractivity contribution in [3.8, 4) is 0 Å². The molecule has 1 aliphatic rings. The smallest absolute Gasteiger partial charge is 0.302 e. The maximum absolute atomic E-state index is 13.7. The largest absolute Gasteiger partial charge is 0.309 e. The molecule has 2 rings (SSSR count). The highest BCUT2D eigenvalue weighted by atomic mass is 79.9. The molecule has 0 saturated carbocycles. The molecule has 1 saturated heterocycles. The highest BCUT2D eigenvalue weighted by Crippen LogP contribution is 2.30. The molecule has 4 nitrogen and oxygen atoms in total. The van der Waals surface area contributed by atoms with Gasteiger partial charge < -0.3 is 4.90 Å². The number of anilines is 1. The van der Waals surface area contributed by atoms with Crippen LogP contribution in [0.1, 0.15) is 6.42 Å². The summed E-state index contributed by atoms with van der Waals surface area (Å²) in [5.41, 5.74) is 0.0677. The minimum Gasteiger partial charge on any atom is -0.309 e. The number of carbonyl (C=O) groups excluding carboxylic acids is 1. The fourth-order valence-corrected chi connectivity index (χ4v) is 3.24. The second-order valence-electron chi connectivity index (χ2n) is 4.38. The Morgan fingerprint density at radius 1 is 1.42 bits per heavy atom. The van der Waals surface area contributed by atoms with Crippen LogP contribution in [0.4, 0.5) is 14.0 Å². The number of carbonyl (C=O) groups is 1. The van der Waals surface area contributed by atoms with Gasteiger partial charge in [0.25, 0.3) is 0 Å². The Morgan fingerprint density at radius 2 is 2.11 bits per heavy atom. The average molecular weight is 354 g/mol. The fraction of sp³-hybridized carbons (Fsp3) is 0.364. The maximum Gasteiger partial charge on any atom is 0.302 e. The second kappa shape index (κ2) is 5.16. The number of halogens is 3. The van der Waals surface area contributed by atoms with Crippen LogP contribution in [0.2, 0.25) is 0 Å². The summed E-state index contributed by atoms with van der Waals surface area (Å²) in [5, 5.41) is 0. The van der Waals surface area contributed by atoms with E-state index in [0.717, 1.165) is 4.90 Å². The molecule has 1 aromatic rings. The van der Waals surface area contributed by atoms with Crippen molar-refractivity contribution in [3.05, 3.63) is 28.5 Å². The lowest BCUT2D eigenvalue weighted by Crippen LogP contribution is -2.26. The molecule has 0 aromatic heterocycles. The average Bonchev–Trinajstić information content (AvgIpc) is 2.60. The molecule has 8 heteroatoms. The Balaban J connectivity index is 2.23. The van der Waals surface area contributed by atoms with Crippen LogP contribution < -0.4 is 4.90 Å². The standard InChI is InChI=1S/C11H10BrF2NO3S/c12-8-1-2-9(13)10(4-8)15-5-7(3-11(15)16)6-19(14,17)18/h1-2,4,7H,3,5-6H2. The molecule has 1 aromatic carbocycles. The summed E-state index contributed by atoms with van der Waals surface area (Å²) in [7, 11) is -4.64. The molecule has 0 bridgehead atoms. The van der Waals surface area contributed by atoms with Crippen LogP contribution in [0.15, 0.2) is 22.7 Å². The van der Waals surface area contributed by atoms with Crippen molar-refractivity contribution < 1.29 is 21.5 Å². The van der Waals surface area contributed by atoms with E-state index in [1.807, 2.05) is 0 Å². The molecular weight excluding hydrogens is 344 g/mol. The van der Waals surface area contributed by atoms with Gasteiger partial charge in [-0.3, -0.25) is 4.79 Å². The molecule has 1 aliphatic heterocycles. The Kier molecular flexibility index (Phi) is 3.91. The van der Waals surface area contributed by atoms with Crippen molar-refractivity contribution in [2.24, 2.45) is 5.92 Å². The summed E-state index contributed by atoms with van der Waals surface area (Å²) in [6.45, 7) is -0.00461. The van der Waals surface area contributed by atoms with Crippen molar-refractivity contribution in [1.82, 2.24) is 0 Å². The predicted octanol–water partition coefficient (Wildman–Crippen LogP) is 2.24. The van der Waals surface area contributed by atoms with Crippen LogP contribution in [0.3, 0.4) is 0 Å². The van der Waals surface area contributed by atoms with Crippen molar-refractivity contribution in [3.63, 3.8) is 0 Å². The highest BCUT2D eigenvalue weighted by Gasteiger charge is 2.34. The molecule has 104 valence electrons. The van der Waals surface area contributed by atoms with Crippen molar-refractivity contribution in [2.45, 2.75) is 6.42 Å². The Bertz CT molecular complexity index is 620. The van der Waals surface area contributed by atoms with Gasteiger partial charge in [0.1, 0.15) is 5.82 Å². The first-order valence-corrected chi connectivity index (χ1v) is 7.78. The second-order valence-corrected chi connectivity index (χ2v) is 6.70. The molecule has 1 amide bonds. The summed E-state index contributed by atoms with van der Waals surface area (Å²) in [6.07, 6.45) is -0.102. The normalized spacial score (nSPS) is 20.1. The number of hydrogen-bond donors (Lipinski definition) is 0. The van der Waals surface area contributed by atoms with E-state index in [4.69, 9.17) is 0 Å².